The summed E-state index contributed by atoms with van der Waals surface area (Å²) in [4.78, 5) is 13.2. The first kappa shape index (κ1) is 12.1. The van der Waals surface area contributed by atoms with Gasteiger partial charge in [0, 0.05) is 6.04 Å². The molecule has 1 aliphatic rings. The summed E-state index contributed by atoms with van der Waals surface area (Å²) in [5.74, 6) is -0.456. The zero-order valence-corrected chi connectivity index (χ0v) is 10.4. The first-order valence-corrected chi connectivity index (χ1v) is 6.07. The molecule has 0 aromatic heterocycles. The zero-order valence-electron chi connectivity index (χ0n) is 10.4. The van der Waals surface area contributed by atoms with E-state index in [9.17, 15) is 4.79 Å². The maximum atomic E-state index is 10.9. The fourth-order valence-electron chi connectivity index (χ4n) is 2.87. The maximum Gasteiger partial charge on any atom is 0.303 e. The summed E-state index contributed by atoms with van der Waals surface area (Å²) in [6.45, 7) is 3.08. The van der Waals surface area contributed by atoms with Gasteiger partial charge in [-0.25, -0.2) is 0 Å². The molecule has 3 nitrogen and oxygen atoms in total. The Bertz CT molecular complexity index is 416. The summed E-state index contributed by atoms with van der Waals surface area (Å²) in [5.41, 5.74) is 2.53. The van der Waals surface area contributed by atoms with Crippen LogP contribution >= 0.6 is 0 Å². The van der Waals surface area contributed by atoms with Crippen molar-refractivity contribution in [1.29, 1.82) is 0 Å². The topological polar surface area (TPSA) is 40.5 Å². The molecule has 3 heteroatoms. The number of benzene rings is 1. The molecule has 0 unspecified atom stereocenters. The molecule has 1 aliphatic heterocycles. The van der Waals surface area contributed by atoms with Crippen LogP contribution in [0.4, 0.5) is 0 Å². The highest BCUT2D eigenvalue weighted by atomic mass is 16.4. The van der Waals surface area contributed by atoms with Gasteiger partial charge in [-0.1, -0.05) is 24.3 Å². The van der Waals surface area contributed by atoms with Crippen LogP contribution in [-0.2, 0) is 4.79 Å². The SMILES string of the molecule is Cc1ccccc1[C@@H]1[C@@H](CC(=O)O)CCN1C. The predicted molar refractivity (Wildman–Crippen MR) is 66.9 cm³/mol. The van der Waals surface area contributed by atoms with Crippen LogP contribution in [0.5, 0.6) is 0 Å². The Morgan fingerprint density at radius 2 is 2.18 bits per heavy atom. The minimum Gasteiger partial charge on any atom is -0.481 e. The number of rotatable bonds is 3. The molecular weight excluding hydrogens is 214 g/mol. The largest absolute Gasteiger partial charge is 0.481 e. The molecule has 2 rings (SSSR count). The quantitative estimate of drug-likeness (QED) is 0.871. The standard InChI is InChI=1S/C14H19NO2/c1-10-5-3-4-6-12(10)14-11(9-13(16)17)7-8-15(14)2/h3-6,11,14H,7-9H2,1-2H3,(H,16,17)/t11-,14+/m1/s1. The molecule has 1 saturated heterocycles. The van der Waals surface area contributed by atoms with Crippen LogP contribution < -0.4 is 0 Å². The van der Waals surface area contributed by atoms with Gasteiger partial charge in [0.15, 0.2) is 0 Å². The molecule has 17 heavy (non-hydrogen) atoms. The van der Waals surface area contributed by atoms with Crippen molar-refractivity contribution in [3.05, 3.63) is 35.4 Å². The van der Waals surface area contributed by atoms with Crippen molar-refractivity contribution in [2.24, 2.45) is 5.92 Å². The lowest BCUT2D eigenvalue weighted by Crippen LogP contribution is -2.23. The Balaban J connectivity index is 2.27. The third-order valence-corrected chi connectivity index (χ3v) is 3.72. The van der Waals surface area contributed by atoms with E-state index in [2.05, 4.69) is 31.0 Å². The van der Waals surface area contributed by atoms with Crippen LogP contribution in [0.3, 0.4) is 0 Å². The molecule has 2 atom stereocenters. The van der Waals surface area contributed by atoms with Gasteiger partial charge in [-0.05, 0) is 44.0 Å². The summed E-state index contributed by atoms with van der Waals surface area (Å²) in [7, 11) is 2.08. The van der Waals surface area contributed by atoms with Gasteiger partial charge in [-0.2, -0.15) is 0 Å². The van der Waals surface area contributed by atoms with Gasteiger partial charge in [0.1, 0.15) is 0 Å². The molecule has 0 amide bonds. The number of aliphatic carboxylic acids is 1. The molecule has 1 aromatic rings. The van der Waals surface area contributed by atoms with E-state index in [0.29, 0.717) is 0 Å². The van der Waals surface area contributed by atoms with Gasteiger partial charge >= 0.3 is 5.97 Å². The Kier molecular flexibility index (Phi) is 3.48. The number of likely N-dealkylation sites (tertiary alicyclic amines) is 1. The van der Waals surface area contributed by atoms with Crippen molar-refractivity contribution < 1.29 is 9.90 Å². The van der Waals surface area contributed by atoms with Crippen LogP contribution in [-0.4, -0.2) is 29.6 Å². The van der Waals surface area contributed by atoms with Crippen molar-refractivity contribution in [2.45, 2.75) is 25.8 Å². The van der Waals surface area contributed by atoms with E-state index >= 15 is 0 Å². The Labute approximate surface area is 102 Å². The number of aryl methyl sites for hydroxylation is 1. The third kappa shape index (κ3) is 2.50. The first-order valence-electron chi connectivity index (χ1n) is 6.07. The Hall–Kier alpha value is -1.35. The van der Waals surface area contributed by atoms with Crippen molar-refractivity contribution in [2.75, 3.05) is 13.6 Å². The number of nitrogens with zero attached hydrogens (tertiary/aromatic N) is 1. The van der Waals surface area contributed by atoms with Gasteiger partial charge in [-0.3, -0.25) is 9.69 Å². The summed E-state index contributed by atoms with van der Waals surface area (Å²) < 4.78 is 0. The van der Waals surface area contributed by atoms with Crippen LogP contribution in [0.2, 0.25) is 0 Å². The second-order valence-corrected chi connectivity index (χ2v) is 4.93. The van der Waals surface area contributed by atoms with E-state index in [1.54, 1.807) is 0 Å². The highest BCUT2D eigenvalue weighted by molar-refractivity contribution is 5.67. The lowest BCUT2D eigenvalue weighted by atomic mass is 9.89. The highest BCUT2D eigenvalue weighted by Crippen LogP contribution is 2.39. The Morgan fingerprint density at radius 3 is 2.82 bits per heavy atom. The van der Waals surface area contributed by atoms with E-state index < -0.39 is 5.97 Å². The summed E-state index contributed by atoms with van der Waals surface area (Å²) >= 11 is 0. The van der Waals surface area contributed by atoms with Gasteiger partial charge in [0.2, 0.25) is 0 Å². The van der Waals surface area contributed by atoms with E-state index in [1.807, 2.05) is 12.1 Å². The van der Waals surface area contributed by atoms with E-state index in [0.717, 1.165) is 13.0 Å². The van der Waals surface area contributed by atoms with Crippen LogP contribution in [0.1, 0.15) is 30.0 Å². The number of carbonyl (C=O) groups is 1. The van der Waals surface area contributed by atoms with Gasteiger partial charge in [-0.15, -0.1) is 0 Å². The second kappa shape index (κ2) is 4.88. The predicted octanol–water partition coefficient (Wildman–Crippen LogP) is 2.46. The van der Waals surface area contributed by atoms with E-state index in [-0.39, 0.29) is 18.4 Å². The van der Waals surface area contributed by atoms with Crippen molar-refractivity contribution in [1.82, 2.24) is 4.90 Å². The highest BCUT2D eigenvalue weighted by Gasteiger charge is 2.34. The molecule has 1 N–H and O–H groups in total. The molecule has 1 aromatic carbocycles. The monoisotopic (exact) mass is 233 g/mol. The van der Waals surface area contributed by atoms with Crippen LogP contribution in [0.25, 0.3) is 0 Å². The number of carboxylic acid groups (broad SMARTS) is 1. The molecule has 0 saturated carbocycles. The fraction of sp³-hybridized carbons (Fsp3) is 0.500. The molecule has 1 fully saturated rings. The molecule has 0 bridgehead atoms. The molecular formula is C14H19NO2. The number of carboxylic acids is 1. The van der Waals surface area contributed by atoms with Crippen molar-refractivity contribution in [3.63, 3.8) is 0 Å². The normalized spacial score (nSPS) is 25.1. The number of hydrogen-bond acceptors (Lipinski definition) is 2. The summed E-state index contributed by atoms with van der Waals surface area (Å²) in [5, 5.41) is 8.98. The first-order chi connectivity index (χ1) is 8.09. The average Bonchev–Trinajstić information content (AvgIpc) is 2.60. The zero-order chi connectivity index (χ0) is 12.4. The molecule has 0 spiro atoms. The lowest BCUT2D eigenvalue weighted by Gasteiger charge is -2.26. The summed E-state index contributed by atoms with van der Waals surface area (Å²) in [6, 6.07) is 8.54. The summed E-state index contributed by atoms with van der Waals surface area (Å²) in [6.07, 6.45) is 1.24. The fourth-order valence-corrected chi connectivity index (χ4v) is 2.87. The van der Waals surface area contributed by atoms with Gasteiger partial charge < -0.3 is 5.11 Å². The van der Waals surface area contributed by atoms with Gasteiger partial charge in [0.05, 0.1) is 6.42 Å². The minimum absolute atomic E-state index is 0.235. The Morgan fingerprint density at radius 1 is 1.47 bits per heavy atom. The van der Waals surface area contributed by atoms with Crippen LogP contribution in [0.15, 0.2) is 24.3 Å². The van der Waals surface area contributed by atoms with E-state index in [4.69, 9.17) is 5.11 Å². The molecule has 0 aliphatic carbocycles. The minimum atomic E-state index is -0.691. The maximum absolute atomic E-state index is 10.9. The third-order valence-electron chi connectivity index (χ3n) is 3.72. The average molecular weight is 233 g/mol. The molecule has 92 valence electrons. The lowest BCUT2D eigenvalue weighted by molar-refractivity contribution is -0.138. The molecule has 1 heterocycles. The smallest absolute Gasteiger partial charge is 0.303 e. The van der Waals surface area contributed by atoms with Crippen molar-refractivity contribution >= 4 is 5.97 Å². The van der Waals surface area contributed by atoms with E-state index in [1.165, 1.54) is 11.1 Å². The number of hydrogen-bond donors (Lipinski definition) is 1. The molecule has 0 radical (unpaired) electrons. The van der Waals surface area contributed by atoms with Crippen LogP contribution in [0, 0.1) is 12.8 Å². The van der Waals surface area contributed by atoms with Crippen molar-refractivity contribution in [3.8, 4) is 0 Å². The second-order valence-electron chi connectivity index (χ2n) is 4.93. The van der Waals surface area contributed by atoms with Gasteiger partial charge in [0.25, 0.3) is 0 Å².